The first-order valence-corrected chi connectivity index (χ1v) is 9.59. The summed E-state index contributed by atoms with van der Waals surface area (Å²) in [5.74, 6) is 1.04. The summed E-state index contributed by atoms with van der Waals surface area (Å²) in [6.07, 6.45) is 1.64. The van der Waals surface area contributed by atoms with Gasteiger partial charge in [0, 0.05) is 11.6 Å². The Balaban J connectivity index is 1.63. The molecule has 0 spiro atoms. The largest absolute Gasteiger partial charge is 0.496 e. The molecule has 3 aromatic carbocycles. The lowest BCUT2D eigenvalue weighted by Crippen LogP contribution is -2.10. The van der Waals surface area contributed by atoms with Gasteiger partial charge in [-0.15, -0.1) is 0 Å². The van der Waals surface area contributed by atoms with Crippen LogP contribution in [0.1, 0.15) is 31.8 Å². The Hall–Kier alpha value is -4.06. The highest BCUT2D eigenvalue weighted by molar-refractivity contribution is 6.15. The van der Waals surface area contributed by atoms with Gasteiger partial charge in [-0.1, -0.05) is 30.3 Å². The second-order valence-corrected chi connectivity index (χ2v) is 6.88. The van der Waals surface area contributed by atoms with Crippen molar-refractivity contribution >= 4 is 17.8 Å². The maximum Gasteiger partial charge on any atom is 0.347 e. The number of para-hydroxylation sites is 2. The summed E-state index contributed by atoms with van der Waals surface area (Å²) < 4.78 is 21.9. The molecule has 0 saturated carbocycles. The molecule has 0 bridgehead atoms. The number of ether oxygens (including phenoxy) is 4. The van der Waals surface area contributed by atoms with E-state index in [1.54, 1.807) is 56.5 Å². The van der Waals surface area contributed by atoms with Gasteiger partial charge in [-0.3, -0.25) is 4.79 Å². The van der Waals surface area contributed by atoms with E-state index in [2.05, 4.69) is 0 Å². The van der Waals surface area contributed by atoms with Gasteiger partial charge < -0.3 is 18.9 Å². The molecular weight excluding hydrogens is 396 g/mol. The summed E-state index contributed by atoms with van der Waals surface area (Å²) >= 11 is 0. The molecule has 31 heavy (non-hydrogen) atoms. The SMILES string of the molecule is COc1ccccc1/C=C1\Oc2cc(OC(=O)c3ccccc3OC)cc(C)c2C1=O. The number of hydrogen-bond donors (Lipinski definition) is 0. The van der Waals surface area contributed by atoms with Crippen molar-refractivity contribution < 1.29 is 28.5 Å². The minimum Gasteiger partial charge on any atom is -0.496 e. The van der Waals surface area contributed by atoms with Crippen LogP contribution in [0, 0.1) is 6.92 Å². The van der Waals surface area contributed by atoms with Crippen molar-refractivity contribution in [2.24, 2.45) is 0 Å². The van der Waals surface area contributed by atoms with E-state index >= 15 is 0 Å². The average molecular weight is 416 g/mol. The Kier molecular flexibility index (Phi) is 5.45. The first-order valence-electron chi connectivity index (χ1n) is 9.59. The Morgan fingerprint density at radius 1 is 0.935 bits per heavy atom. The number of rotatable bonds is 5. The molecule has 1 aliphatic heterocycles. The van der Waals surface area contributed by atoms with Crippen molar-refractivity contribution in [3.8, 4) is 23.0 Å². The van der Waals surface area contributed by atoms with Crippen molar-refractivity contribution in [2.45, 2.75) is 6.92 Å². The van der Waals surface area contributed by atoms with E-state index in [1.807, 2.05) is 18.2 Å². The van der Waals surface area contributed by atoms with Crippen molar-refractivity contribution in [3.63, 3.8) is 0 Å². The lowest BCUT2D eigenvalue weighted by atomic mass is 10.0. The number of fused-ring (bicyclic) bond motifs is 1. The normalized spacial score (nSPS) is 13.5. The first kappa shape index (κ1) is 20.2. The van der Waals surface area contributed by atoms with Gasteiger partial charge in [0.1, 0.15) is 28.6 Å². The summed E-state index contributed by atoms with van der Waals surface area (Å²) in [5, 5.41) is 0. The standard InChI is InChI=1S/C25H20O6/c1-15-12-17(30-25(27)18-9-5-7-11-20(18)29-3)14-21-23(15)24(26)22(31-21)13-16-8-4-6-10-19(16)28-2/h4-14H,1-3H3/b22-13-. The van der Waals surface area contributed by atoms with E-state index in [9.17, 15) is 9.59 Å². The first-order chi connectivity index (χ1) is 15.0. The molecule has 0 amide bonds. The van der Waals surface area contributed by atoms with Crippen LogP contribution >= 0.6 is 0 Å². The maximum absolute atomic E-state index is 12.9. The van der Waals surface area contributed by atoms with Crippen LogP contribution in [-0.2, 0) is 0 Å². The van der Waals surface area contributed by atoms with E-state index in [-0.39, 0.29) is 17.3 Å². The molecule has 1 aliphatic rings. The predicted molar refractivity (Wildman–Crippen MR) is 115 cm³/mol. The third-order valence-electron chi connectivity index (χ3n) is 4.91. The molecule has 0 aromatic heterocycles. The van der Waals surface area contributed by atoms with Crippen LogP contribution in [0.25, 0.3) is 6.08 Å². The molecule has 0 saturated heterocycles. The second kappa shape index (κ2) is 8.36. The summed E-state index contributed by atoms with van der Waals surface area (Å²) in [6.45, 7) is 1.77. The number of methoxy groups -OCH3 is 2. The Morgan fingerprint density at radius 2 is 1.61 bits per heavy atom. The van der Waals surface area contributed by atoms with Crippen LogP contribution in [0.3, 0.4) is 0 Å². The van der Waals surface area contributed by atoms with E-state index in [0.717, 1.165) is 5.56 Å². The number of carbonyl (C=O) groups excluding carboxylic acids is 2. The van der Waals surface area contributed by atoms with Gasteiger partial charge in [0.05, 0.1) is 19.8 Å². The van der Waals surface area contributed by atoms with Gasteiger partial charge in [-0.05, 0) is 42.8 Å². The van der Waals surface area contributed by atoms with Crippen LogP contribution in [0.5, 0.6) is 23.0 Å². The number of esters is 1. The van der Waals surface area contributed by atoms with Gasteiger partial charge >= 0.3 is 5.97 Å². The average Bonchev–Trinajstić information content (AvgIpc) is 3.09. The molecule has 4 rings (SSSR count). The van der Waals surface area contributed by atoms with Crippen LogP contribution in [0.15, 0.2) is 66.4 Å². The zero-order valence-corrected chi connectivity index (χ0v) is 17.3. The lowest BCUT2D eigenvalue weighted by molar-refractivity contribution is 0.0731. The maximum atomic E-state index is 12.9. The Bertz CT molecular complexity index is 1210. The van der Waals surface area contributed by atoms with Crippen molar-refractivity contribution in [2.75, 3.05) is 14.2 Å². The third kappa shape index (κ3) is 3.88. The molecule has 156 valence electrons. The Morgan fingerprint density at radius 3 is 2.35 bits per heavy atom. The minimum atomic E-state index is -0.564. The van der Waals surface area contributed by atoms with Crippen LogP contribution in [0.2, 0.25) is 0 Å². The zero-order chi connectivity index (χ0) is 22.0. The van der Waals surface area contributed by atoms with Crippen molar-refractivity contribution in [1.82, 2.24) is 0 Å². The van der Waals surface area contributed by atoms with E-state index < -0.39 is 5.97 Å². The highest BCUT2D eigenvalue weighted by Gasteiger charge is 2.30. The number of carbonyl (C=O) groups is 2. The molecule has 6 nitrogen and oxygen atoms in total. The Labute approximate surface area is 179 Å². The van der Waals surface area contributed by atoms with Crippen LogP contribution < -0.4 is 18.9 Å². The molecule has 0 radical (unpaired) electrons. The molecular formula is C25H20O6. The topological polar surface area (TPSA) is 71.1 Å². The summed E-state index contributed by atoms with van der Waals surface area (Å²) in [4.78, 5) is 25.5. The number of allylic oxidation sites excluding steroid dienone is 1. The molecule has 3 aromatic rings. The van der Waals surface area contributed by atoms with Gasteiger partial charge in [-0.2, -0.15) is 0 Å². The molecule has 0 fully saturated rings. The predicted octanol–water partition coefficient (Wildman–Crippen LogP) is 4.85. The van der Waals surface area contributed by atoms with Crippen molar-refractivity contribution in [3.05, 3.63) is 88.7 Å². The van der Waals surface area contributed by atoms with Gasteiger partial charge in [-0.25, -0.2) is 4.79 Å². The highest BCUT2D eigenvalue weighted by Crippen LogP contribution is 2.38. The van der Waals surface area contributed by atoms with Crippen molar-refractivity contribution in [1.29, 1.82) is 0 Å². The van der Waals surface area contributed by atoms with Gasteiger partial charge in [0.15, 0.2) is 5.76 Å². The molecule has 0 aliphatic carbocycles. The van der Waals surface area contributed by atoms with Crippen LogP contribution in [0.4, 0.5) is 0 Å². The summed E-state index contributed by atoms with van der Waals surface area (Å²) in [6, 6.07) is 17.3. The van der Waals surface area contributed by atoms with E-state index in [1.165, 1.54) is 13.2 Å². The van der Waals surface area contributed by atoms with Gasteiger partial charge in [0.2, 0.25) is 5.78 Å². The van der Waals surface area contributed by atoms with E-state index in [4.69, 9.17) is 18.9 Å². The lowest BCUT2D eigenvalue weighted by Gasteiger charge is -2.10. The highest BCUT2D eigenvalue weighted by atomic mass is 16.5. The third-order valence-corrected chi connectivity index (χ3v) is 4.91. The quantitative estimate of drug-likeness (QED) is 0.336. The van der Waals surface area contributed by atoms with Crippen LogP contribution in [-0.4, -0.2) is 26.0 Å². The minimum absolute atomic E-state index is 0.177. The fourth-order valence-electron chi connectivity index (χ4n) is 3.44. The molecule has 1 heterocycles. The smallest absolute Gasteiger partial charge is 0.347 e. The molecule has 6 heteroatoms. The summed E-state index contributed by atoms with van der Waals surface area (Å²) in [7, 11) is 3.05. The molecule has 0 unspecified atom stereocenters. The van der Waals surface area contributed by atoms with E-state index in [0.29, 0.717) is 33.9 Å². The second-order valence-electron chi connectivity index (χ2n) is 6.88. The molecule has 0 atom stereocenters. The zero-order valence-electron chi connectivity index (χ0n) is 17.3. The molecule has 0 N–H and O–H groups in total. The number of ketones is 1. The summed E-state index contributed by atoms with van der Waals surface area (Å²) in [5.41, 5.74) is 2.12. The fourth-order valence-corrected chi connectivity index (χ4v) is 3.44. The number of aryl methyl sites for hydroxylation is 1. The monoisotopic (exact) mass is 416 g/mol. The number of benzene rings is 3. The number of Topliss-reactive ketones (excluding diaryl/α,β-unsaturated/α-hetero) is 1. The van der Waals surface area contributed by atoms with Gasteiger partial charge in [0.25, 0.3) is 0 Å². The number of hydrogen-bond acceptors (Lipinski definition) is 6. The fraction of sp³-hybridized carbons (Fsp3) is 0.120.